The van der Waals surface area contributed by atoms with Gasteiger partial charge in [0.25, 0.3) is 0 Å². The molecule has 0 amide bonds. The van der Waals surface area contributed by atoms with Crippen molar-refractivity contribution >= 4 is 59.7 Å². The van der Waals surface area contributed by atoms with E-state index in [0.717, 1.165) is 0 Å². The van der Waals surface area contributed by atoms with Gasteiger partial charge in [-0.05, 0) is 96.3 Å². The quantitative estimate of drug-likeness (QED) is 0.0375. The van der Waals surface area contributed by atoms with Crippen LogP contribution in [0.15, 0.2) is 0 Å². The molecule has 122 heavy (non-hydrogen) atoms. The van der Waals surface area contributed by atoms with Crippen molar-refractivity contribution in [2.24, 2.45) is 59.2 Å². The minimum absolute atomic E-state index is 0.462. The Balaban J connectivity index is 0.980. The van der Waals surface area contributed by atoms with Crippen molar-refractivity contribution in [2.75, 3.05) is 6.61 Å². The molecular formula is C76H112O46. The molecule has 10 aliphatic carbocycles. The van der Waals surface area contributed by atoms with E-state index >= 15 is 19.2 Å². The lowest BCUT2D eigenvalue weighted by Crippen LogP contribution is -2.64. The number of ether oxygens (including phenoxy) is 11. The van der Waals surface area contributed by atoms with Gasteiger partial charge in [-0.15, -0.1) is 0 Å². The van der Waals surface area contributed by atoms with E-state index in [1.807, 2.05) is 0 Å². The van der Waals surface area contributed by atoms with Crippen LogP contribution in [-0.4, -0.2) is 408 Å². The third-order valence-corrected chi connectivity index (χ3v) is 25.9. The molecule has 1 saturated heterocycles. The van der Waals surface area contributed by atoms with Crippen molar-refractivity contribution in [1.82, 2.24) is 0 Å². The minimum atomic E-state index is -2.77. The highest BCUT2D eigenvalue weighted by Crippen LogP contribution is 2.43. The summed E-state index contributed by atoms with van der Waals surface area (Å²) in [6.07, 6.45) is -81.3. The van der Waals surface area contributed by atoms with Crippen LogP contribution < -0.4 is 0 Å². The molecule has 0 aromatic heterocycles. The van der Waals surface area contributed by atoms with E-state index in [1.54, 1.807) is 0 Å². The van der Waals surface area contributed by atoms with Gasteiger partial charge in [-0.25, -0.2) is 0 Å². The van der Waals surface area contributed by atoms with Gasteiger partial charge in [-0.2, -0.15) is 0 Å². The number of hydrogen-bond acceptors (Lipinski definition) is 46. The lowest BCUT2D eigenvalue weighted by atomic mass is 9.81. The fraction of sp³-hybridized carbons (Fsp3) is 0.868. The Bertz CT molecular complexity index is 3570. The molecule has 1 aliphatic heterocycles. The van der Waals surface area contributed by atoms with E-state index in [1.165, 1.54) is 0 Å². The van der Waals surface area contributed by atoms with Crippen LogP contribution in [0.2, 0.25) is 0 Å². The largest absolute Gasteiger partial charge is 0.463 e. The van der Waals surface area contributed by atoms with Crippen molar-refractivity contribution in [3.05, 3.63) is 0 Å². The summed E-state index contributed by atoms with van der Waals surface area (Å²) < 4.78 is 64.7. The van der Waals surface area contributed by atoms with Gasteiger partial charge in [-0.1, -0.05) is 0 Å². The van der Waals surface area contributed by atoms with Gasteiger partial charge >= 0.3 is 59.7 Å². The summed E-state index contributed by atoms with van der Waals surface area (Å²) in [5.41, 5.74) is 0. The van der Waals surface area contributed by atoms with Crippen LogP contribution in [0, 0.1) is 59.2 Å². The first-order valence-corrected chi connectivity index (χ1v) is 41.0. The van der Waals surface area contributed by atoms with E-state index in [-0.39, 0.29) is 0 Å². The summed E-state index contributed by atoms with van der Waals surface area (Å²) in [7, 11) is 0. The Morgan fingerprint density at radius 3 is 0.574 bits per heavy atom. The molecule has 0 bridgehead atoms. The van der Waals surface area contributed by atoms with E-state index < -0.39 is 468 Å². The van der Waals surface area contributed by atoms with Gasteiger partial charge in [0.05, 0.1) is 151 Å². The number of aliphatic hydroxyl groups excluding tert-OH is 25. The maximum atomic E-state index is 15.6. The van der Waals surface area contributed by atoms with Crippen LogP contribution in [0.4, 0.5) is 0 Å². The van der Waals surface area contributed by atoms with Crippen LogP contribution in [0.5, 0.6) is 0 Å². The zero-order chi connectivity index (χ0) is 89.4. The molecule has 46 nitrogen and oxygen atoms in total. The molecular weight excluding hydrogens is 1650 g/mol. The van der Waals surface area contributed by atoms with Crippen molar-refractivity contribution in [3.8, 4) is 0 Å². The predicted molar refractivity (Wildman–Crippen MR) is 382 cm³/mol. The van der Waals surface area contributed by atoms with Crippen molar-refractivity contribution < 1.29 is 228 Å². The fourth-order valence-corrected chi connectivity index (χ4v) is 18.5. The monoisotopic (exact) mass is 1760 g/mol. The fourth-order valence-electron chi connectivity index (χ4n) is 18.5. The molecule has 692 valence electrons. The molecule has 46 heteroatoms. The lowest BCUT2D eigenvalue weighted by Gasteiger charge is -2.46. The number of carbonyl (C=O) groups excluding carboxylic acids is 10. The average Bonchev–Trinajstić information content (AvgIpc) is 0.764. The lowest BCUT2D eigenvalue weighted by molar-refractivity contribution is -0.306. The first-order chi connectivity index (χ1) is 57.4. The number of rotatable bonds is 21. The molecule has 11 rings (SSSR count). The topological polar surface area (TPSA) is 778 Å². The molecule has 35 atom stereocenters. The first kappa shape index (κ1) is 96.3. The Hall–Kier alpha value is -6.34. The Kier molecular flexibility index (Phi) is 32.2. The summed E-state index contributed by atoms with van der Waals surface area (Å²) >= 11 is 0. The minimum Gasteiger partial charge on any atom is -0.463 e. The highest BCUT2D eigenvalue weighted by Gasteiger charge is 2.60. The van der Waals surface area contributed by atoms with Crippen LogP contribution in [0.3, 0.4) is 0 Å². The number of carbonyl (C=O) groups is 10. The van der Waals surface area contributed by atoms with Gasteiger partial charge in [-0.3, -0.25) is 47.9 Å². The van der Waals surface area contributed by atoms with Crippen LogP contribution in [0.25, 0.3) is 0 Å². The van der Waals surface area contributed by atoms with Gasteiger partial charge in [0.15, 0.2) is 12.2 Å². The second-order valence-corrected chi connectivity index (χ2v) is 34.8. The van der Waals surface area contributed by atoms with Crippen LogP contribution in [-0.2, 0) is 100 Å². The molecule has 31 unspecified atom stereocenters. The maximum Gasteiger partial charge on any atom is 0.311 e. The Morgan fingerprint density at radius 1 is 0.189 bits per heavy atom. The zero-order valence-electron chi connectivity index (χ0n) is 65.6. The van der Waals surface area contributed by atoms with Gasteiger partial charge < -0.3 is 180 Å². The second-order valence-electron chi connectivity index (χ2n) is 34.8. The smallest absolute Gasteiger partial charge is 0.311 e. The number of aliphatic hydroxyl groups is 25. The predicted octanol–water partition coefficient (Wildman–Crippen LogP) is -12.8. The molecule has 0 aromatic carbocycles. The molecule has 0 aromatic rings. The highest BCUT2D eigenvalue weighted by atomic mass is 16.8. The van der Waals surface area contributed by atoms with Gasteiger partial charge in [0, 0.05) is 32.1 Å². The van der Waals surface area contributed by atoms with Crippen LogP contribution >= 0.6 is 0 Å². The molecule has 25 N–H and O–H groups in total. The van der Waals surface area contributed by atoms with E-state index in [4.69, 9.17) is 52.1 Å². The van der Waals surface area contributed by atoms with E-state index in [2.05, 4.69) is 0 Å². The molecule has 0 radical (unpaired) electrons. The van der Waals surface area contributed by atoms with E-state index in [9.17, 15) is 156 Å². The average molecular weight is 1760 g/mol. The maximum absolute atomic E-state index is 15.6. The van der Waals surface area contributed by atoms with Crippen LogP contribution in [0.1, 0.15) is 128 Å². The highest BCUT2D eigenvalue weighted by molar-refractivity contribution is 5.79. The second kappa shape index (κ2) is 40.7. The van der Waals surface area contributed by atoms with Gasteiger partial charge in [0.2, 0.25) is 12.4 Å². The summed E-state index contributed by atoms with van der Waals surface area (Å²) in [5, 5.41) is 269. The number of hydrogen-bond donors (Lipinski definition) is 25. The first-order valence-electron chi connectivity index (χ1n) is 41.0. The zero-order valence-corrected chi connectivity index (χ0v) is 65.6. The SMILES string of the molecule is O=C(OCC1O[C@H](OC(=O)C2CC(O)C(O)C(OC(=O)C3CC(O)C(O)C(O)C3)C2)[C@H](OC(=O)C2CC(O)C(O)C(OC(=O)C3CC(O)C(O)C(O)C3)C2)[C@@H](OC(=O)C2CC(O)C(O)C(OC(=O)C3CC(O)C(O)C(O)C3)C2)[C@@H]1OC(=O)C1CC(O)C(O)C(OC(=O)C2CC(O)C(O)C(O)C2)C1)C1CC(O)C(O)C(OC(=O)C2CC(O)C(O)C(O)C2)C1. The molecule has 11 fully saturated rings. The third-order valence-electron chi connectivity index (χ3n) is 25.9. The van der Waals surface area contributed by atoms with E-state index in [0.29, 0.717) is 0 Å². The van der Waals surface area contributed by atoms with Crippen molar-refractivity contribution in [2.45, 2.75) is 342 Å². The molecule has 1 heterocycles. The summed E-state index contributed by atoms with van der Waals surface area (Å²) in [5.74, 6) is -29.9. The standard InChI is InChI=1S/C76H112O46/c77-32-1-22(2-33(78)53(32)92)67(103)113-47-16-27(11-42(87)58(47)97)66(102)112-21-52-63(119-72(108)28-12-43(88)59(98)48(17-28)114-68(104)23-3-34(79)54(93)35(80)4-23)64(120-73(109)29-13-44(89)60(99)49(18-29)115-69(105)24-5-36(81)55(94)37(82)6-24)65(121-74(110)30-14-45(90)61(100)50(19-30)116-70(106)25-7-38(83)56(95)39(84)8-25)76(118-52)122-75(111)31-15-46(91)62(101)51(20-31)117-71(107)26-9-40(85)57(96)41(86)10-26/h22-65,76-101H,1-21H2/t22?,23?,24?,25?,26?,27?,28?,29?,30?,31?,32?,33?,34?,35?,36?,37?,38?,39?,40?,41?,42?,43?,44?,45?,46?,47?,48?,49?,50?,51?,52?,53?,54?,55?,56?,57?,58?,59?,60?,61?,62?,63-,64+,65-,76-/m1/s1. The summed E-state index contributed by atoms with van der Waals surface area (Å²) in [4.78, 5) is 145. The molecule has 11 aliphatic rings. The summed E-state index contributed by atoms with van der Waals surface area (Å²) in [6, 6.07) is 0. The molecule has 0 spiro atoms. The third kappa shape index (κ3) is 22.2. The molecule has 10 saturated carbocycles. The Morgan fingerprint density at radius 2 is 0.352 bits per heavy atom. The van der Waals surface area contributed by atoms with Crippen molar-refractivity contribution in [3.63, 3.8) is 0 Å². The normalized spacial score (nSPS) is 47.0. The van der Waals surface area contributed by atoms with Gasteiger partial charge in [0.1, 0.15) is 104 Å². The summed E-state index contributed by atoms with van der Waals surface area (Å²) in [6.45, 7) is -1.41. The Labute approximate surface area is 693 Å². The number of esters is 10. The van der Waals surface area contributed by atoms with Crippen molar-refractivity contribution in [1.29, 1.82) is 0 Å².